The molecule has 1 saturated carbocycles. The summed E-state index contributed by atoms with van der Waals surface area (Å²) in [5.41, 5.74) is 0.334. The fraction of sp³-hybridized carbons (Fsp3) is 1.00. The average Bonchev–Trinajstić information content (AvgIpc) is 3.16. The molecule has 0 aromatic rings. The molecule has 0 aromatic heterocycles. The van der Waals surface area contributed by atoms with Crippen molar-refractivity contribution in [1.82, 2.24) is 10.2 Å². The Morgan fingerprint density at radius 1 is 1.32 bits per heavy atom. The molecule has 3 unspecified atom stereocenters. The molecule has 2 aliphatic rings. The highest BCUT2D eigenvalue weighted by Crippen LogP contribution is 2.41. The van der Waals surface area contributed by atoms with Gasteiger partial charge in [0.15, 0.2) is 0 Å². The Bertz CT molecular complexity index is 290. The highest BCUT2D eigenvalue weighted by molar-refractivity contribution is 5.04. The predicted molar refractivity (Wildman–Crippen MR) is 80.4 cm³/mol. The van der Waals surface area contributed by atoms with Gasteiger partial charge in [-0.05, 0) is 44.9 Å². The van der Waals surface area contributed by atoms with Crippen LogP contribution in [-0.4, -0.2) is 49.3 Å². The van der Waals surface area contributed by atoms with Crippen molar-refractivity contribution < 1.29 is 4.74 Å². The van der Waals surface area contributed by atoms with E-state index in [4.69, 9.17) is 4.74 Å². The zero-order chi connectivity index (χ0) is 14.0. The standard InChI is InChI=1S/C16H32N2O/c1-12(2)8-15-9-17-16(4,14-6-7-14)11-18(15)10-13(3)19-5/h12-15,17H,6-11H2,1-5H3. The number of piperazine rings is 1. The number of methoxy groups -OCH3 is 1. The molecule has 3 nitrogen and oxygen atoms in total. The van der Waals surface area contributed by atoms with Crippen LogP contribution in [0.3, 0.4) is 0 Å². The van der Waals surface area contributed by atoms with E-state index >= 15 is 0 Å². The maximum Gasteiger partial charge on any atom is 0.0670 e. The Morgan fingerprint density at radius 3 is 2.53 bits per heavy atom. The fourth-order valence-electron chi connectivity index (χ4n) is 3.48. The Balaban J connectivity index is 2.00. The number of nitrogens with one attached hydrogen (secondary N) is 1. The zero-order valence-electron chi connectivity index (χ0n) is 13.4. The van der Waals surface area contributed by atoms with Crippen molar-refractivity contribution in [3.8, 4) is 0 Å². The number of nitrogens with zero attached hydrogens (tertiary/aromatic N) is 1. The van der Waals surface area contributed by atoms with E-state index in [2.05, 4.69) is 37.9 Å². The van der Waals surface area contributed by atoms with E-state index in [0.29, 0.717) is 17.7 Å². The van der Waals surface area contributed by atoms with E-state index in [0.717, 1.165) is 24.9 Å². The van der Waals surface area contributed by atoms with Gasteiger partial charge in [0.25, 0.3) is 0 Å². The molecular weight excluding hydrogens is 236 g/mol. The minimum atomic E-state index is 0.330. The van der Waals surface area contributed by atoms with Gasteiger partial charge in [-0.1, -0.05) is 13.8 Å². The Labute approximate surface area is 119 Å². The van der Waals surface area contributed by atoms with Crippen molar-refractivity contribution in [2.24, 2.45) is 11.8 Å². The predicted octanol–water partition coefficient (Wildman–Crippen LogP) is 2.51. The molecule has 112 valence electrons. The summed E-state index contributed by atoms with van der Waals surface area (Å²) in [6, 6.07) is 0.671. The smallest absolute Gasteiger partial charge is 0.0670 e. The minimum Gasteiger partial charge on any atom is -0.380 e. The molecule has 19 heavy (non-hydrogen) atoms. The molecular formula is C16H32N2O. The van der Waals surface area contributed by atoms with E-state index in [1.807, 2.05) is 7.11 Å². The summed E-state index contributed by atoms with van der Waals surface area (Å²) in [4.78, 5) is 2.68. The van der Waals surface area contributed by atoms with Gasteiger partial charge in [0, 0.05) is 38.3 Å². The van der Waals surface area contributed by atoms with E-state index in [1.54, 1.807) is 0 Å². The second-order valence-electron chi connectivity index (χ2n) is 7.33. The lowest BCUT2D eigenvalue weighted by Gasteiger charge is -2.48. The molecule has 0 aromatic carbocycles. The molecule has 0 amide bonds. The molecule has 3 atom stereocenters. The van der Waals surface area contributed by atoms with Crippen LogP contribution < -0.4 is 5.32 Å². The summed E-state index contributed by atoms with van der Waals surface area (Å²) >= 11 is 0. The molecule has 1 aliphatic carbocycles. The van der Waals surface area contributed by atoms with Crippen LogP contribution in [0, 0.1) is 11.8 Å². The SMILES string of the molecule is COC(C)CN1CC(C)(C2CC2)NCC1CC(C)C. The van der Waals surface area contributed by atoms with Crippen molar-refractivity contribution in [2.75, 3.05) is 26.7 Å². The summed E-state index contributed by atoms with van der Waals surface area (Å²) in [6.45, 7) is 12.6. The highest BCUT2D eigenvalue weighted by Gasteiger charge is 2.46. The summed E-state index contributed by atoms with van der Waals surface area (Å²) in [5, 5.41) is 3.85. The summed E-state index contributed by atoms with van der Waals surface area (Å²) in [5.74, 6) is 1.66. The van der Waals surface area contributed by atoms with E-state index in [-0.39, 0.29) is 0 Å². The largest absolute Gasteiger partial charge is 0.380 e. The van der Waals surface area contributed by atoms with Crippen molar-refractivity contribution in [2.45, 2.75) is 64.6 Å². The van der Waals surface area contributed by atoms with Crippen LogP contribution in [0.5, 0.6) is 0 Å². The first-order valence-corrected chi connectivity index (χ1v) is 7.96. The second kappa shape index (κ2) is 6.11. The molecule has 2 fully saturated rings. The third-order valence-electron chi connectivity index (χ3n) is 4.91. The molecule has 1 aliphatic heterocycles. The third kappa shape index (κ3) is 3.93. The van der Waals surface area contributed by atoms with Crippen LogP contribution in [0.25, 0.3) is 0 Å². The average molecular weight is 268 g/mol. The minimum absolute atomic E-state index is 0.330. The lowest BCUT2D eigenvalue weighted by Crippen LogP contribution is -2.65. The van der Waals surface area contributed by atoms with Crippen molar-refractivity contribution in [3.05, 3.63) is 0 Å². The lowest BCUT2D eigenvalue weighted by molar-refractivity contribution is 0.0132. The first kappa shape index (κ1) is 15.3. The molecule has 0 bridgehead atoms. The quantitative estimate of drug-likeness (QED) is 0.801. The zero-order valence-corrected chi connectivity index (χ0v) is 13.4. The van der Waals surface area contributed by atoms with Crippen LogP contribution in [0.15, 0.2) is 0 Å². The van der Waals surface area contributed by atoms with Gasteiger partial charge in [-0.25, -0.2) is 0 Å². The monoisotopic (exact) mass is 268 g/mol. The van der Waals surface area contributed by atoms with Gasteiger partial charge in [0.2, 0.25) is 0 Å². The van der Waals surface area contributed by atoms with Crippen molar-refractivity contribution in [1.29, 1.82) is 0 Å². The summed E-state index contributed by atoms with van der Waals surface area (Å²) in [6.07, 6.45) is 4.43. The summed E-state index contributed by atoms with van der Waals surface area (Å²) in [7, 11) is 1.82. The number of hydrogen-bond donors (Lipinski definition) is 1. The van der Waals surface area contributed by atoms with E-state index in [1.165, 1.54) is 25.8 Å². The van der Waals surface area contributed by atoms with Crippen LogP contribution in [0.2, 0.25) is 0 Å². The van der Waals surface area contributed by atoms with Gasteiger partial charge >= 0.3 is 0 Å². The van der Waals surface area contributed by atoms with Crippen LogP contribution in [0.1, 0.15) is 47.0 Å². The van der Waals surface area contributed by atoms with Gasteiger partial charge in [-0.2, -0.15) is 0 Å². The molecule has 1 N–H and O–H groups in total. The molecule has 0 radical (unpaired) electrons. The maximum atomic E-state index is 5.49. The first-order valence-electron chi connectivity index (χ1n) is 7.96. The number of rotatable bonds is 6. The maximum absolute atomic E-state index is 5.49. The number of ether oxygens (including phenoxy) is 1. The Hall–Kier alpha value is -0.120. The molecule has 2 rings (SSSR count). The second-order valence-corrected chi connectivity index (χ2v) is 7.33. The van der Waals surface area contributed by atoms with Gasteiger partial charge in [0.1, 0.15) is 0 Å². The molecule has 1 heterocycles. The normalized spacial score (nSPS) is 34.7. The van der Waals surface area contributed by atoms with Crippen molar-refractivity contribution in [3.63, 3.8) is 0 Å². The topological polar surface area (TPSA) is 24.5 Å². The Morgan fingerprint density at radius 2 is 2.00 bits per heavy atom. The van der Waals surface area contributed by atoms with Gasteiger partial charge in [-0.3, -0.25) is 4.90 Å². The van der Waals surface area contributed by atoms with Crippen LogP contribution >= 0.6 is 0 Å². The summed E-state index contributed by atoms with van der Waals surface area (Å²) < 4.78 is 5.49. The fourth-order valence-corrected chi connectivity index (χ4v) is 3.48. The molecule has 0 spiro atoms. The third-order valence-corrected chi connectivity index (χ3v) is 4.91. The van der Waals surface area contributed by atoms with E-state index in [9.17, 15) is 0 Å². The van der Waals surface area contributed by atoms with Gasteiger partial charge in [0.05, 0.1) is 6.10 Å². The van der Waals surface area contributed by atoms with E-state index < -0.39 is 0 Å². The molecule has 3 heteroatoms. The van der Waals surface area contributed by atoms with Crippen LogP contribution in [0.4, 0.5) is 0 Å². The highest BCUT2D eigenvalue weighted by atomic mass is 16.5. The number of hydrogen-bond acceptors (Lipinski definition) is 3. The Kier molecular flexibility index (Phi) is 4.91. The molecule has 1 saturated heterocycles. The van der Waals surface area contributed by atoms with Gasteiger partial charge in [-0.15, -0.1) is 0 Å². The van der Waals surface area contributed by atoms with Gasteiger partial charge < -0.3 is 10.1 Å². The van der Waals surface area contributed by atoms with Crippen LogP contribution in [-0.2, 0) is 4.74 Å². The van der Waals surface area contributed by atoms with Crippen molar-refractivity contribution >= 4 is 0 Å². The lowest BCUT2D eigenvalue weighted by atomic mass is 9.88. The first-order chi connectivity index (χ1) is 8.94.